The van der Waals surface area contributed by atoms with E-state index >= 15 is 0 Å². The lowest BCUT2D eigenvalue weighted by Crippen LogP contribution is -2.24. The predicted octanol–water partition coefficient (Wildman–Crippen LogP) is 5.52. The summed E-state index contributed by atoms with van der Waals surface area (Å²) in [7, 11) is 0. The molecule has 0 bridgehead atoms. The smallest absolute Gasteiger partial charge is 0.0438 e. The maximum Gasteiger partial charge on any atom is 0.0438 e. The summed E-state index contributed by atoms with van der Waals surface area (Å²) in [5.74, 6) is 0. The maximum atomic E-state index is 6.25. The Balaban J connectivity index is 2.86. The van der Waals surface area contributed by atoms with Gasteiger partial charge in [-0.1, -0.05) is 51.4 Å². The van der Waals surface area contributed by atoms with Crippen LogP contribution in [0.4, 0.5) is 0 Å². The third kappa shape index (κ3) is 5.54. The molecule has 1 rings (SSSR count). The predicted molar refractivity (Wildman–Crippen MR) is 85.9 cm³/mol. The van der Waals surface area contributed by atoms with Crippen LogP contribution in [0.15, 0.2) is 18.2 Å². The molecule has 0 amide bonds. The molecule has 0 aliphatic rings. The second-order valence-electron chi connectivity index (χ2n) is 6.56. The van der Waals surface area contributed by atoms with Gasteiger partial charge in [-0.15, -0.1) is 0 Å². The highest BCUT2D eigenvalue weighted by Crippen LogP contribution is 2.31. The third-order valence-corrected chi connectivity index (χ3v) is 3.92. The van der Waals surface area contributed by atoms with Crippen molar-refractivity contribution in [1.82, 2.24) is 5.32 Å². The molecular weight excluding hydrogens is 254 g/mol. The minimum absolute atomic E-state index is 0.374. The summed E-state index contributed by atoms with van der Waals surface area (Å²) in [4.78, 5) is 0. The van der Waals surface area contributed by atoms with E-state index in [-0.39, 0.29) is 0 Å². The Kier molecular flexibility index (Phi) is 6.35. The molecule has 1 N–H and O–H groups in total. The molecule has 0 saturated carbocycles. The van der Waals surface area contributed by atoms with Gasteiger partial charge in [-0.05, 0) is 55.3 Å². The molecule has 0 saturated heterocycles. The molecule has 1 atom stereocenters. The minimum Gasteiger partial charge on any atom is -0.310 e. The van der Waals surface area contributed by atoms with E-state index in [4.69, 9.17) is 11.6 Å². The molecule has 0 aromatic heterocycles. The van der Waals surface area contributed by atoms with Crippen molar-refractivity contribution in [3.8, 4) is 0 Å². The van der Waals surface area contributed by atoms with Crippen molar-refractivity contribution in [2.45, 2.75) is 59.9 Å². The topological polar surface area (TPSA) is 12.0 Å². The summed E-state index contributed by atoms with van der Waals surface area (Å²) in [5.41, 5.74) is 2.94. The maximum absolute atomic E-state index is 6.25. The number of hydrogen-bond donors (Lipinski definition) is 1. The molecule has 1 aromatic carbocycles. The van der Waals surface area contributed by atoms with E-state index in [1.165, 1.54) is 17.5 Å². The quantitative estimate of drug-likeness (QED) is 0.724. The zero-order valence-corrected chi connectivity index (χ0v) is 13.8. The van der Waals surface area contributed by atoms with Crippen molar-refractivity contribution in [2.24, 2.45) is 5.41 Å². The highest BCUT2D eigenvalue weighted by atomic mass is 35.5. The van der Waals surface area contributed by atoms with Gasteiger partial charge >= 0.3 is 0 Å². The summed E-state index contributed by atoms with van der Waals surface area (Å²) in [6.45, 7) is 12.3. The molecule has 2 heteroatoms. The van der Waals surface area contributed by atoms with Crippen LogP contribution in [0.3, 0.4) is 0 Å². The van der Waals surface area contributed by atoms with Crippen LogP contribution in [0.2, 0.25) is 5.02 Å². The third-order valence-electron chi connectivity index (χ3n) is 3.51. The van der Waals surface area contributed by atoms with Gasteiger partial charge in [-0.3, -0.25) is 0 Å². The van der Waals surface area contributed by atoms with Crippen LogP contribution < -0.4 is 5.32 Å². The van der Waals surface area contributed by atoms with E-state index < -0.39 is 0 Å². The first-order valence-corrected chi connectivity index (χ1v) is 7.71. The van der Waals surface area contributed by atoms with Gasteiger partial charge in [0.05, 0.1) is 0 Å². The van der Waals surface area contributed by atoms with Gasteiger partial charge in [-0.25, -0.2) is 0 Å². The molecule has 1 nitrogen and oxygen atoms in total. The van der Waals surface area contributed by atoms with Crippen LogP contribution in [-0.2, 0) is 0 Å². The fourth-order valence-corrected chi connectivity index (χ4v) is 2.45. The Morgan fingerprint density at radius 1 is 1.26 bits per heavy atom. The van der Waals surface area contributed by atoms with E-state index in [1.54, 1.807) is 0 Å². The summed E-state index contributed by atoms with van der Waals surface area (Å²) >= 11 is 6.25. The van der Waals surface area contributed by atoms with Crippen LogP contribution in [0.1, 0.15) is 64.1 Å². The van der Waals surface area contributed by atoms with Crippen molar-refractivity contribution in [3.05, 3.63) is 34.3 Å². The molecule has 0 fully saturated rings. The lowest BCUT2D eigenvalue weighted by atomic mass is 9.86. The van der Waals surface area contributed by atoms with E-state index in [0.717, 1.165) is 24.4 Å². The molecule has 108 valence electrons. The Morgan fingerprint density at radius 2 is 1.95 bits per heavy atom. The molecule has 1 unspecified atom stereocenters. The van der Waals surface area contributed by atoms with Crippen molar-refractivity contribution in [2.75, 3.05) is 6.54 Å². The average molecular weight is 282 g/mol. The Morgan fingerprint density at radius 3 is 2.53 bits per heavy atom. The van der Waals surface area contributed by atoms with E-state index in [1.807, 2.05) is 6.07 Å². The molecule has 0 spiro atoms. The van der Waals surface area contributed by atoms with Crippen molar-refractivity contribution < 1.29 is 0 Å². The summed E-state index contributed by atoms with van der Waals surface area (Å²) in [6.07, 6.45) is 3.52. The average Bonchev–Trinajstić information content (AvgIpc) is 2.32. The minimum atomic E-state index is 0.374. The molecule has 0 aliphatic heterocycles. The molecular formula is C17H28ClN. The number of benzene rings is 1. The Labute approximate surface area is 123 Å². The number of rotatable bonds is 6. The van der Waals surface area contributed by atoms with Gasteiger partial charge in [0, 0.05) is 11.1 Å². The normalized spacial score (nSPS) is 13.6. The SMILES string of the molecule is CCCNC(CCC(C)(C)C)c1cccc(Cl)c1C. The van der Waals surface area contributed by atoms with E-state index in [0.29, 0.717) is 11.5 Å². The largest absolute Gasteiger partial charge is 0.310 e. The molecule has 0 heterocycles. The zero-order chi connectivity index (χ0) is 14.5. The molecule has 1 aromatic rings. The van der Waals surface area contributed by atoms with E-state index in [2.05, 4.69) is 52.1 Å². The van der Waals surface area contributed by atoms with Crippen molar-refractivity contribution in [1.29, 1.82) is 0 Å². The van der Waals surface area contributed by atoms with Crippen LogP contribution in [-0.4, -0.2) is 6.54 Å². The molecule has 0 aliphatic carbocycles. The highest BCUT2D eigenvalue weighted by molar-refractivity contribution is 6.31. The van der Waals surface area contributed by atoms with Gasteiger partial charge in [0.2, 0.25) is 0 Å². The van der Waals surface area contributed by atoms with Crippen LogP contribution in [0.25, 0.3) is 0 Å². The first-order chi connectivity index (χ1) is 8.85. The fourth-order valence-electron chi connectivity index (χ4n) is 2.27. The summed E-state index contributed by atoms with van der Waals surface area (Å²) in [6, 6.07) is 6.65. The van der Waals surface area contributed by atoms with Gasteiger partial charge in [0.15, 0.2) is 0 Å². The Hall–Kier alpha value is -0.530. The lowest BCUT2D eigenvalue weighted by molar-refractivity contribution is 0.332. The first kappa shape index (κ1) is 16.5. The second kappa shape index (κ2) is 7.31. The standard InChI is InChI=1S/C17H28ClN/c1-6-12-19-16(10-11-17(3,4)5)14-8-7-9-15(18)13(14)2/h7-9,16,19H,6,10-12H2,1-5H3. The van der Waals surface area contributed by atoms with Gasteiger partial charge in [-0.2, -0.15) is 0 Å². The van der Waals surface area contributed by atoms with Crippen molar-refractivity contribution in [3.63, 3.8) is 0 Å². The summed E-state index contributed by atoms with van der Waals surface area (Å²) in [5, 5.41) is 4.54. The highest BCUT2D eigenvalue weighted by Gasteiger charge is 2.18. The molecule has 19 heavy (non-hydrogen) atoms. The number of halogens is 1. The number of nitrogens with one attached hydrogen (secondary N) is 1. The monoisotopic (exact) mass is 281 g/mol. The van der Waals surface area contributed by atoms with Crippen LogP contribution in [0, 0.1) is 12.3 Å². The zero-order valence-electron chi connectivity index (χ0n) is 13.0. The van der Waals surface area contributed by atoms with Crippen molar-refractivity contribution >= 4 is 11.6 Å². The second-order valence-corrected chi connectivity index (χ2v) is 6.97. The number of hydrogen-bond acceptors (Lipinski definition) is 1. The first-order valence-electron chi connectivity index (χ1n) is 7.33. The summed E-state index contributed by atoms with van der Waals surface area (Å²) < 4.78 is 0. The molecule has 0 radical (unpaired) electrons. The van der Waals surface area contributed by atoms with Gasteiger partial charge in [0.1, 0.15) is 0 Å². The van der Waals surface area contributed by atoms with Crippen LogP contribution in [0.5, 0.6) is 0 Å². The fraction of sp³-hybridized carbons (Fsp3) is 0.647. The van der Waals surface area contributed by atoms with Gasteiger partial charge < -0.3 is 5.32 Å². The van der Waals surface area contributed by atoms with Crippen LogP contribution >= 0.6 is 11.6 Å². The lowest BCUT2D eigenvalue weighted by Gasteiger charge is -2.26. The van der Waals surface area contributed by atoms with E-state index in [9.17, 15) is 0 Å². The Bertz CT molecular complexity index is 393. The van der Waals surface area contributed by atoms with Gasteiger partial charge in [0.25, 0.3) is 0 Å².